The van der Waals surface area contributed by atoms with Gasteiger partial charge in [-0.15, -0.1) is 0 Å². The van der Waals surface area contributed by atoms with Crippen molar-refractivity contribution in [2.45, 2.75) is 12.1 Å². The molecule has 34 heavy (non-hydrogen) atoms. The van der Waals surface area contributed by atoms with Crippen molar-refractivity contribution in [1.29, 1.82) is 0 Å². The summed E-state index contributed by atoms with van der Waals surface area (Å²) >= 11 is 5.84. The van der Waals surface area contributed by atoms with Crippen molar-refractivity contribution in [3.05, 3.63) is 88.2 Å². The quantitative estimate of drug-likeness (QED) is 0.360. The fraction of sp³-hybridized carbons (Fsp3) is 0.0909. The molecule has 1 amide bonds. The maximum Gasteiger partial charge on any atom is 0.458 e. The molecule has 0 saturated carbocycles. The van der Waals surface area contributed by atoms with Gasteiger partial charge in [0.2, 0.25) is 0 Å². The predicted molar refractivity (Wildman–Crippen MR) is 109 cm³/mol. The third-order valence-corrected chi connectivity index (χ3v) is 4.74. The number of hydrogen-bond donors (Lipinski definition) is 2. The number of anilines is 1. The summed E-state index contributed by atoms with van der Waals surface area (Å²) in [5.74, 6) is -9.24. The fourth-order valence-corrected chi connectivity index (χ4v) is 2.93. The van der Waals surface area contributed by atoms with Gasteiger partial charge in [0.05, 0.1) is 16.1 Å². The van der Waals surface area contributed by atoms with E-state index in [0.29, 0.717) is 18.2 Å². The second-order valence-electron chi connectivity index (χ2n) is 6.80. The molecule has 2 N–H and O–H groups in total. The number of halogens is 7. The van der Waals surface area contributed by atoms with E-state index in [0.717, 1.165) is 18.2 Å². The van der Waals surface area contributed by atoms with Crippen LogP contribution < -0.4 is 10.1 Å². The molecule has 0 fully saturated rings. The monoisotopic (exact) mass is 503 g/mol. The van der Waals surface area contributed by atoms with Gasteiger partial charge >= 0.3 is 18.1 Å². The molecule has 3 aromatic carbocycles. The van der Waals surface area contributed by atoms with Crippen LogP contribution in [0.5, 0.6) is 11.5 Å². The summed E-state index contributed by atoms with van der Waals surface area (Å²) in [6.45, 7) is 0. The minimum atomic E-state index is -5.92. The Balaban J connectivity index is 2.02. The van der Waals surface area contributed by atoms with E-state index in [4.69, 9.17) is 21.4 Å². The molecule has 0 aliphatic rings. The third-order valence-electron chi connectivity index (χ3n) is 4.45. The minimum Gasteiger partial charge on any atom is -0.478 e. The zero-order valence-electron chi connectivity index (χ0n) is 16.6. The van der Waals surface area contributed by atoms with Gasteiger partial charge in [0, 0.05) is 11.3 Å². The Bertz CT molecular complexity index is 1250. The standard InChI is InChI=1S/C22H12ClF6NO4/c23-16-10-13(24)4-8-17(16)34-18-9-12(21(25,26)22(27,28)29)3-7-15(18)19(31)30-14-5-1-11(2-6-14)20(32)33/h1-10H,(H,30,31)(H,32,33). The molecular weight excluding hydrogens is 492 g/mol. The van der Waals surface area contributed by atoms with E-state index in [-0.39, 0.29) is 22.0 Å². The van der Waals surface area contributed by atoms with Crippen molar-refractivity contribution < 1.29 is 45.8 Å². The van der Waals surface area contributed by atoms with Gasteiger partial charge in [-0.05, 0) is 54.6 Å². The molecule has 0 aliphatic heterocycles. The molecule has 0 unspecified atom stereocenters. The Morgan fingerprint density at radius 3 is 2.09 bits per heavy atom. The number of rotatable bonds is 6. The number of carbonyl (C=O) groups is 2. The molecule has 0 bridgehead atoms. The van der Waals surface area contributed by atoms with E-state index in [9.17, 15) is 35.9 Å². The predicted octanol–water partition coefficient (Wildman–Crippen LogP) is 6.88. The summed E-state index contributed by atoms with van der Waals surface area (Å²) < 4.78 is 84.9. The number of ether oxygens (including phenoxy) is 1. The zero-order valence-corrected chi connectivity index (χ0v) is 17.3. The number of carbonyl (C=O) groups excluding carboxylic acids is 1. The average Bonchev–Trinajstić information content (AvgIpc) is 2.75. The van der Waals surface area contributed by atoms with Crippen LogP contribution in [0.3, 0.4) is 0 Å². The van der Waals surface area contributed by atoms with Gasteiger partial charge in [0.25, 0.3) is 5.91 Å². The second-order valence-corrected chi connectivity index (χ2v) is 7.20. The number of alkyl halides is 5. The van der Waals surface area contributed by atoms with Gasteiger partial charge in [-0.25, -0.2) is 9.18 Å². The highest BCUT2D eigenvalue weighted by Crippen LogP contribution is 2.45. The Morgan fingerprint density at radius 2 is 1.53 bits per heavy atom. The first-order valence-corrected chi connectivity index (χ1v) is 9.54. The molecule has 0 heterocycles. The Labute approximate surface area is 192 Å². The normalized spacial score (nSPS) is 11.7. The Morgan fingerprint density at radius 1 is 0.882 bits per heavy atom. The van der Waals surface area contributed by atoms with E-state index in [1.54, 1.807) is 0 Å². The van der Waals surface area contributed by atoms with Crippen molar-refractivity contribution in [3.8, 4) is 11.5 Å². The van der Waals surface area contributed by atoms with Crippen LogP contribution in [-0.2, 0) is 5.92 Å². The van der Waals surface area contributed by atoms with Crippen LogP contribution in [0, 0.1) is 5.82 Å². The summed E-state index contributed by atoms with van der Waals surface area (Å²) in [6.07, 6.45) is -5.92. The lowest BCUT2D eigenvalue weighted by Crippen LogP contribution is -2.33. The number of carboxylic acids is 1. The molecule has 0 saturated heterocycles. The van der Waals surface area contributed by atoms with Crippen molar-refractivity contribution in [3.63, 3.8) is 0 Å². The first-order chi connectivity index (χ1) is 15.8. The first kappa shape index (κ1) is 24.9. The molecule has 0 aromatic heterocycles. The topological polar surface area (TPSA) is 75.6 Å². The SMILES string of the molecule is O=C(O)c1ccc(NC(=O)c2ccc(C(F)(F)C(F)(F)F)cc2Oc2ccc(F)cc2Cl)cc1. The largest absolute Gasteiger partial charge is 0.478 e. The molecule has 178 valence electrons. The van der Waals surface area contributed by atoms with E-state index >= 15 is 0 Å². The summed E-state index contributed by atoms with van der Waals surface area (Å²) in [5.41, 5.74) is -1.93. The Hall–Kier alpha value is -3.73. The number of benzene rings is 3. The lowest BCUT2D eigenvalue weighted by molar-refractivity contribution is -0.289. The van der Waals surface area contributed by atoms with Crippen LogP contribution in [0.1, 0.15) is 26.3 Å². The maximum atomic E-state index is 13.9. The fourth-order valence-electron chi connectivity index (χ4n) is 2.72. The highest BCUT2D eigenvalue weighted by atomic mass is 35.5. The van der Waals surface area contributed by atoms with Crippen LogP contribution in [0.25, 0.3) is 0 Å². The number of hydrogen-bond acceptors (Lipinski definition) is 3. The highest BCUT2D eigenvalue weighted by Gasteiger charge is 2.58. The summed E-state index contributed by atoms with van der Waals surface area (Å²) in [6, 6.07) is 9.00. The second kappa shape index (κ2) is 9.26. The maximum absolute atomic E-state index is 13.9. The molecular formula is C22H12ClF6NO4. The summed E-state index contributed by atoms with van der Waals surface area (Å²) in [5, 5.41) is 10.9. The van der Waals surface area contributed by atoms with E-state index in [1.807, 2.05) is 0 Å². The van der Waals surface area contributed by atoms with Gasteiger partial charge in [0.15, 0.2) is 0 Å². The van der Waals surface area contributed by atoms with Gasteiger partial charge < -0.3 is 15.2 Å². The van der Waals surface area contributed by atoms with Gasteiger partial charge in [-0.1, -0.05) is 17.7 Å². The zero-order chi connectivity index (χ0) is 25.3. The van der Waals surface area contributed by atoms with Crippen molar-refractivity contribution in [1.82, 2.24) is 0 Å². The minimum absolute atomic E-state index is 0.0771. The van der Waals surface area contributed by atoms with Gasteiger partial charge in [0.1, 0.15) is 17.3 Å². The number of aromatic carboxylic acids is 1. The average molecular weight is 504 g/mol. The molecule has 0 atom stereocenters. The molecule has 3 aromatic rings. The smallest absolute Gasteiger partial charge is 0.458 e. The van der Waals surface area contributed by atoms with E-state index < -0.39 is 46.7 Å². The van der Waals surface area contributed by atoms with Crippen molar-refractivity contribution in [2.75, 3.05) is 5.32 Å². The van der Waals surface area contributed by atoms with Crippen LogP contribution in [-0.4, -0.2) is 23.2 Å². The number of nitrogens with one attached hydrogen (secondary N) is 1. The molecule has 0 spiro atoms. The van der Waals surface area contributed by atoms with Crippen molar-refractivity contribution >= 4 is 29.2 Å². The Kier molecular flexibility index (Phi) is 6.78. The van der Waals surface area contributed by atoms with Crippen LogP contribution in [0.15, 0.2) is 60.7 Å². The molecule has 3 rings (SSSR count). The summed E-state index contributed by atoms with van der Waals surface area (Å²) in [7, 11) is 0. The number of carboxylic acid groups (broad SMARTS) is 1. The molecule has 0 radical (unpaired) electrons. The molecule has 0 aliphatic carbocycles. The highest BCUT2D eigenvalue weighted by molar-refractivity contribution is 6.32. The van der Waals surface area contributed by atoms with Crippen molar-refractivity contribution in [2.24, 2.45) is 0 Å². The van der Waals surface area contributed by atoms with Gasteiger partial charge in [-0.2, -0.15) is 22.0 Å². The van der Waals surface area contributed by atoms with Gasteiger partial charge in [-0.3, -0.25) is 4.79 Å². The lowest BCUT2D eigenvalue weighted by atomic mass is 10.0. The summed E-state index contributed by atoms with van der Waals surface area (Å²) in [4.78, 5) is 23.7. The molecule has 5 nitrogen and oxygen atoms in total. The number of amides is 1. The van der Waals surface area contributed by atoms with Crippen LogP contribution >= 0.6 is 11.6 Å². The third kappa shape index (κ3) is 5.25. The van der Waals surface area contributed by atoms with Crippen LogP contribution in [0.2, 0.25) is 5.02 Å². The van der Waals surface area contributed by atoms with E-state index in [1.165, 1.54) is 24.3 Å². The molecule has 12 heteroatoms. The first-order valence-electron chi connectivity index (χ1n) is 9.16. The lowest BCUT2D eigenvalue weighted by Gasteiger charge is -2.21. The van der Waals surface area contributed by atoms with Crippen LogP contribution in [0.4, 0.5) is 32.0 Å². The van der Waals surface area contributed by atoms with E-state index in [2.05, 4.69) is 5.32 Å².